The summed E-state index contributed by atoms with van der Waals surface area (Å²) < 4.78 is 39.3. The van der Waals surface area contributed by atoms with Crippen molar-refractivity contribution in [2.45, 2.75) is 18.8 Å². The zero-order chi connectivity index (χ0) is 14.3. The highest BCUT2D eigenvalue weighted by Gasteiger charge is 2.38. The third-order valence-corrected chi connectivity index (χ3v) is 3.41. The Morgan fingerprint density at radius 1 is 0.900 bits per heavy atom. The Bertz CT molecular complexity index is 707. The average Bonchev–Trinajstić information content (AvgIpc) is 2.73. The van der Waals surface area contributed by atoms with Gasteiger partial charge in [-0.25, -0.2) is 0 Å². The van der Waals surface area contributed by atoms with Crippen molar-refractivity contribution in [1.29, 1.82) is 0 Å². The second-order valence-corrected chi connectivity index (χ2v) is 4.70. The lowest BCUT2D eigenvalue weighted by Crippen LogP contribution is -2.32. The van der Waals surface area contributed by atoms with Crippen LogP contribution in [0.4, 0.5) is 13.2 Å². The van der Waals surface area contributed by atoms with E-state index in [2.05, 4.69) is 0 Å². The van der Waals surface area contributed by atoms with Gasteiger partial charge in [-0.05, 0) is 12.1 Å². The van der Waals surface area contributed by atoms with E-state index in [0.717, 1.165) is 10.8 Å². The maximum atomic E-state index is 12.6. The summed E-state index contributed by atoms with van der Waals surface area (Å²) in [6, 6.07) is 14.5. The van der Waals surface area contributed by atoms with Gasteiger partial charge in [0.05, 0.1) is 6.54 Å². The molecule has 2 nitrogen and oxygen atoms in total. The molecule has 0 spiro atoms. The molecule has 5 heteroatoms. The Morgan fingerprint density at radius 3 is 1.80 bits per heavy atom. The van der Waals surface area contributed by atoms with Crippen LogP contribution in [0.2, 0.25) is 0 Å². The Labute approximate surface area is 113 Å². The standard InChI is InChI=1S/C15H12F3NO/c16-15(17,18)14(20)9-19-12-7-3-1-5-10(12)11-6-2-4-8-13(11)19/h1-8,14,20H,9H2/t14-/m1/s1. The normalized spacial score (nSPS) is 14.0. The predicted octanol–water partition coefficient (Wildman–Crippen LogP) is 3.72. The van der Waals surface area contributed by atoms with Crippen molar-refractivity contribution in [2.24, 2.45) is 0 Å². The van der Waals surface area contributed by atoms with Crippen LogP contribution in [0.5, 0.6) is 0 Å². The van der Waals surface area contributed by atoms with Crippen LogP contribution in [-0.4, -0.2) is 22.0 Å². The fourth-order valence-corrected chi connectivity index (χ4v) is 2.48. The maximum absolute atomic E-state index is 12.6. The number of para-hydroxylation sites is 2. The van der Waals surface area contributed by atoms with Crippen LogP contribution in [-0.2, 0) is 6.54 Å². The van der Waals surface area contributed by atoms with Crippen molar-refractivity contribution in [3.8, 4) is 0 Å². The molecule has 3 aromatic rings. The average molecular weight is 279 g/mol. The van der Waals surface area contributed by atoms with Crippen LogP contribution in [0.25, 0.3) is 21.8 Å². The number of fused-ring (bicyclic) bond motifs is 3. The molecule has 1 N–H and O–H groups in total. The van der Waals surface area contributed by atoms with Gasteiger partial charge >= 0.3 is 6.18 Å². The Kier molecular flexibility index (Phi) is 2.94. The maximum Gasteiger partial charge on any atom is 0.416 e. The molecule has 104 valence electrons. The van der Waals surface area contributed by atoms with E-state index in [0.29, 0.717) is 11.0 Å². The molecular formula is C15H12F3NO. The molecular weight excluding hydrogens is 267 g/mol. The second kappa shape index (κ2) is 4.52. The van der Waals surface area contributed by atoms with Crippen molar-refractivity contribution < 1.29 is 18.3 Å². The van der Waals surface area contributed by atoms with Gasteiger partial charge in [-0.2, -0.15) is 13.2 Å². The van der Waals surface area contributed by atoms with E-state index in [9.17, 15) is 18.3 Å². The fraction of sp³-hybridized carbons (Fsp3) is 0.200. The number of hydrogen-bond acceptors (Lipinski definition) is 1. The van der Waals surface area contributed by atoms with Crippen LogP contribution in [0, 0.1) is 0 Å². The molecule has 0 aliphatic carbocycles. The molecule has 0 saturated carbocycles. The monoisotopic (exact) mass is 279 g/mol. The summed E-state index contributed by atoms with van der Waals surface area (Å²) in [5.41, 5.74) is 1.38. The Hall–Kier alpha value is -2.01. The summed E-state index contributed by atoms with van der Waals surface area (Å²) in [5.74, 6) is 0. The molecule has 0 radical (unpaired) electrons. The molecule has 0 aliphatic heterocycles. The van der Waals surface area contributed by atoms with Crippen LogP contribution in [0.15, 0.2) is 48.5 Å². The molecule has 1 heterocycles. The predicted molar refractivity (Wildman–Crippen MR) is 71.5 cm³/mol. The highest BCUT2D eigenvalue weighted by molar-refractivity contribution is 6.07. The van der Waals surface area contributed by atoms with Gasteiger partial charge in [0.25, 0.3) is 0 Å². The molecule has 1 aromatic heterocycles. The number of aliphatic hydroxyl groups is 1. The summed E-state index contributed by atoms with van der Waals surface area (Å²) in [4.78, 5) is 0. The minimum Gasteiger partial charge on any atom is -0.382 e. The molecule has 0 amide bonds. The van der Waals surface area contributed by atoms with E-state index in [1.807, 2.05) is 24.3 Å². The molecule has 1 atom stereocenters. The zero-order valence-corrected chi connectivity index (χ0v) is 10.4. The lowest BCUT2D eigenvalue weighted by atomic mass is 10.2. The number of alkyl halides is 3. The topological polar surface area (TPSA) is 25.2 Å². The van der Waals surface area contributed by atoms with Gasteiger partial charge < -0.3 is 9.67 Å². The van der Waals surface area contributed by atoms with E-state index >= 15 is 0 Å². The first kappa shape index (κ1) is 13.0. The number of aliphatic hydroxyl groups excluding tert-OH is 1. The van der Waals surface area contributed by atoms with Crippen LogP contribution in [0.1, 0.15) is 0 Å². The lowest BCUT2D eigenvalue weighted by Gasteiger charge is -2.16. The van der Waals surface area contributed by atoms with Gasteiger partial charge in [0.15, 0.2) is 6.10 Å². The number of aromatic nitrogens is 1. The van der Waals surface area contributed by atoms with Gasteiger partial charge in [0, 0.05) is 21.8 Å². The molecule has 0 saturated heterocycles. The van der Waals surface area contributed by atoms with Crippen molar-refractivity contribution in [3.05, 3.63) is 48.5 Å². The first-order valence-electron chi connectivity index (χ1n) is 6.19. The first-order chi connectivity index (χ1) is 9.48. The zero-order valence-electron chi connectivity index (χ0n) is 10.4. The van der Waals surface area contributed by atoms with Crippen molar-refractivity contribution >= 4 is 21.8 Å². The minimum atomic E-state index is -4.62. The van der Waals surface area contributed by atoms with Crippen molar-refractivity contribution in [1.82, 2.24) is 4.57 Å². The summed E-state index contributed by atoms with van der Waals surface area (Å²) in [7, 11) is 0. The molecule has 3 rings (SSSR count). The summed E-state index contributed by atoms with van der Waals surface area (Å²) >= 11 is 0. The highest BCUT2D eigenvalue weighted by Crippen LogP contribution is 2.30. The SMILES string of the molecule is O[C@H](Cn1c2ccccc2c2ccccc21)C(F)(F)F. The van der Waals surface area contributed by atoms with Gasteiger partial charge in [0.2, 0.25) is 0 Å². The first-order valence-corrected chi connectivity index (χ1v) is 6.19. The largest absolute Gasteiger partial charge is 0.416 e. The van der Waals surface area contributed by atoms with E-state index in [-0.39, 0.29) is 0 Å². The van der Waals surface area contributed by atoms with E-state index in [1.54, 1.807) is 24.3 Å². The van der Waals surface area contributed by atoms with E-state index in [4.69, 9.17) is 0 Å². The molecule has 0 unspecified atom stereocenters. The summed E-state index contributed by atoms with van der Waals surface area (Å²) in [5, 5.41) is 11.1. The third-order valence-electron chi connectivity index (χ3n) is 3.41. The van der Waals surface area contributed by atoms with Crippen LogP contribution < -0.4 is 0 Å². The summed E-state index contributed by atoms with van der Waals surface area (Å²) in [6.07, 6.45) is -6.99. The van der Waals surface area contributed by atoms with Crippen LogP contribution in [0.3, 0.4) is 0 Å². The third kappa shape index (κ3) is 2.04. The second-order valence-electron chi connectivity index (χ2n) is 4.70. The number of rotatable bonds is 2. The van der Waals surface area contributed by atoms with Gasteiger partial charge in [-0.1, -0.05) is 36.4 Å². The quantitative estimate of drug-likeness (QED) is 0.760. The van der Waals surface area contributed by atoms with Crippen LogP contribution >= 0.6 is 0 Å². The lowest BCUT2D eigenvalue weighted by molar-refractivity contribution is -0.206. The molecule has 0 fully saturated rings. The smallest absolute Gasteiger partial charge is 0.382 e. The number of hydrogen-bond donors (Lipinski definition) is 1. The van der Waals surface area contributed by atoms with E-state index < -0.39 is 18.8 Å². The van der Waals surface area contributed by atoms with Gasteiger partial charge in [0.1, 0.15) is 0 Å². The molecule has 0 bridgehead atoms. The number of benzene rings is 2. The summed E-state index contributed by atoms with van der Waals surface area (Å²) in [6.45, 7) is -0.502. The molecule has 0 aliphatic rings. The van der Waals surface area contributed by atoms with Crippen molar-refractivity contribution in [3.63, 3.8) is 0 Å². The Morgan fingerprint density at radius 2 is 1.35 bits per heavy atom. The van der Waals surface area contributed by atoms with Gasteiger partial charge in [-0.15, -0.1) is 0 Å². The fourth-order valence-electron chi connectivity index (χ4n) is 2.48. The number of halogens is 3. The van der Waals surface area contributed by atoms with E-state index in [1.165, 1.54) is 4.57 Å². The molecule has 2 aromatic carbocycles. The minimum absolute atomic E-state index is 0.502. The highest BCUT2D eigenvalue weighted by atomic mass is 19.4. The molecule has 20 heavy (non-hydrogen) atoms. The Balaban J connectivity index is 2.22. The van der Waals surface area contributed by atoms with Gasteiger partial charge in [-0.3, -0.25) is 0 Å². The number of nitrogens with zero attached hydrogens (tertiary/aromatic N) is 1. The van der Waals surface area contributed by atoms with Crippen molar-refractivity contribution in [2.75, 3.05) is 0 Å².